The number of aliphatic carboxylic acids is 3. The molecule has 5 heterocycles. The summed E-state index contributed by atoms with van der Waals surface area (Å²) < 4.78 is 10.4. The first-order chi connectivity index (χ1) is 37.3. The third-order valence-corrected chi connectivity index (χ3v) is 14.7. The van der Waals surface area contributed by atoms with Crippen LogP contribution in [0.4, 0.5) is 0 Å². The summed E-state index contributed by atoms with van der Waals surface area (Å²) in [5.41, 5.74) is 0. The second-order valence-electron chi connectivity index (χ2n) is 22.6. The van der Waals surface area contributed by atoms with Crippen LogP contribution in [-0.2, 0) is 57.4 Å². The Balaban J connectivity index is 0.000000512. The van der Waals surface area contributed by atoms with Crippen molar-refractivity contribution in [1.29, 1.82) is 0 Å². The number of unbranched alkanes of at least 4 members (excludes halogenated alkanes) is 10. The number of carboxylic acid groups (broad SMARTS) is 3. The Labute approximate surface area is 472 Å². The van der Waals surface area contributed by atoms with Crippen LogP contribution in [0.3, 0.4) is 0 Å². The SMILES string of the molecule is CC(C)N1CC(C(=O)O)CC1=O.CCCCC(CC)CN1CC(C(=O)OC(C)C)CC1=O.CCCCCCCCCCCCN1CC(C(=O)OC(C)C)CC1=O.CCCN1CC(C(=O)O)CC1=O.CCN1CC(C(=O)O)CC1=O. The molecule has 0 spiro atoms. The van der Waals surface area contributed by atoms with Gasteiger partial charge in [0.05, 0.1) is 41.8 Å². The fourth-order valence-corrected chi connectivity index (χ4v) is 9.99. The Morgan fingerprint density at radius 3 is 1.18 bits per heavy atom. The van der Waals surface area contributed by atoms with E-state index in [9.17, 15) is 47.9 Å². The molecule has 0 radical (unpaired) electrons. The minimum Gasteiger partial charge on any atom is -0.481 e. The van der Waals surface area contributed by atoms with Crippen molar-refractivity contribution in [2.24, 2.45) is 35.5 Å². The topological polar surface area (TPSA) is 266 Å². The smallest absolute Gasteiger partial charge is 0.311 e. The molecule has 79 heavy (non-hydrogen) atoms. The molecule has 5 rings (SSSR count). The Morgan fingerprint density at radius 2 is 0.810 bits per heavy atom. The summed E-state index contributed by atoms with van der Waals surface area (Å²) in [6, 6.07) is 0.113. The van der Waals surface area contributed by atoms with Gasteiger partial charge >= 0.3 is 29.8 Å². The number of esters is 2. The Kier molecular flexibility index (Phi) is 35.5. The van der Waals surface area contributed by atoms with Crippen LogP contribution >= 0.6 is 0 Å². The predicted molar refractivity (Wildman–Crippen MR) is 300 cm³/mol. The number of carbonyl (C=O) groups is 10. The first-order valence-corrected chi connectivity index (χ1v) is 29.8. The summed E-state index contributed by atoms with van der Waals surface area (Å²) in [7, 11) is 0. The molecule has 0 aromatic rings. The van der Waals surface area contributed by atoms with Crippen LogP contribution < -0.4 is 0 Å². The first-order valence-electron chi connectivity index (χ1n) is 29.8. The lowest BCUT2D eigenvalue weighted by atomic mass is 9.99. The van der Waals surface area contributed by atoms with Gasteiger partial charge in [0.15, 0.2) is 0 Å². The summed E-state index contributed by atoms with van der Waals surface area (Å²) in [5, 5.41) is 25.9. The number of carbonyl (C=O) groups excluding carboxylic acids is 7. The molecular weight excluding hydrogens is 1020 g/mol. The average Bonchev–Trinajstić information content (AvgIpc) is 4.23. The van der Waals surface area contributed by atoms with E-state index in [0.29, 0.717) is 64.6 Å². The van der Waals surface area contributed by atoms with Gasteiger partial charge in [-0.25, -0.2) is 0 Å². The van der Waals surface area contributed by atoms with Gasteiger partial charge < -0.3 is 49.3 Å². The van der Waals surface area contributed by atoms with Gasteiger partial charge in [-0.05, 0) is 73.6 Å². The van der Waals surface area contributed by atoms with Gasteiger partial charge in [0.1, 0.15) is 0 Å². The van der Waals surface area contributed by atoms with Gasteiger partial charge in [-0.15, -0.1) is 0 Å². The maximum Gasteiger partial charge on any atom is 0.311 e. The lowest BCUT2D eigenvalue weighted by Crippen LogP contribution is -2.32. The number of nitrogens with zero attached hydrogens (tertiary/aromatic N) is 5. The molecule has 454 valence electrons. The third kappa shape index (κ3) is 28.1. The quantitative estimate of drug-likeness (QED) is 0.0491. The van der Waals surface area contributed by atoms with Crippen molar-refractivity contribution in [3.63, 3.8) is 0 Å². The number of hydrogen-bond acceptors (Lipinski definition) is 12. The number of rotatable bonds is 28. The van der Waals surface area contributed by atoms with Crippen molar-refractivity contribution in [3.05, 3.63) is 0 Å². The van der Waals surface area contributed by atoms with E-state index in [4.69, 9.17) is 24.8 Å². The lowest BCUT2D eigenvalue weighted by Gasteiger charge is -2.23. The average molecular weight is 1120 g/mol. The van der Waals surface area contributed by atoms with E-state index in [1.54, 1.807) is 14.7 Å². The van der Waals surface area contributed by atoms with E-state index < -0.39 is 35.7 Å². The molecule has 0 bridgehead atoms. The van der Waals surface area contributed by atoms with E-state index in [0.717, 1.165) is 38.8 Å². The monoisotopic (exact) mass is 1120 g/mol. The van der Waals surface area contributed by atoms with Crippen molar-refractivity contribution in [2.45, 2.75) is 223 Å². The summed E-state index contributed by atoms with van der Waals surface area (Å²) in [5.74, 6) is -4.38. The van der Waals surface area contributed by atoms with Gasteiger partial charge in [-0.2, -0.15) is 0 Å². The van der Waals surface area contributed by atoms with Crippen molar-refractivity contribution in [1.82, 2.24) is 24.5 Å². The number of likely N-dealkylation sites (tertiary alicyclic amines) is 5. The maximum atomic E-state index is 12.0. The van der Waals surface area contributed by atoms with Gasteiger partial charge in [-0.3, -0.25) is 47.9 Å². The normalized spacial score (nSPS) is 21.1. The summed E-state index contributed by atoms with van der Waals surface area (Å²) >= 11 is 0. The van der Waals surface area contributed by atoms with E-state index in [1.165, 1.54) is 70.6 Å². The van der Waals surface area contributed by atoms with Crippen molar-refractivity contribution in [3.8, 4) is 0 Å². The second kappa shape index (κ2) is 39.2. The Morgan fingerprint density at radius 1 is 0.443 bits per heavy atom. The largest absolute Gasteiger partial charge is 0.481 e. The summed E-state index contributed by atoms with van der Waals surface area (Å²) in [6.45, 7) is 26.7. The molecule has 6 unspecified atom stereocenters. The molecule has 5 amide bonds. The highest BCUT2D eigenvalue weighted by Crippen LogP contribution is 2.25. The zero-order valence-electron chi connectivity index (χ0n) is 50.2. The summed E-state index contributed by atoms with van der Waals surface area (Å²) in [4.78, 5) is 121. The first kappa shape index (κ1) is 71.7. The van der Waals surface area contributed by atoms with E-state index in [1.807, 2.05) is 65.2 Å². The van der Waals surface area contributed by atoms with Crippen molar-refractivity contribution >= 4 is 59.4 Å². The van der Waals surface area contributed by atoms with Crippen LogP contribution in [-0.4, -0.2) is 176 Å². The summed E-state index contributed by atoms with van der Waals surface area (Å²) in [6.07, 6.45) is 19.4. The molecule has 5 fully saturated rings. The minimum absolute atomic E-state index is 0.0238. The van der Waals surface area contributed by atoms with Crippen LogP contribution in [0.2, 0.25) is 0 Å². The highest BCUT2D eigenvalue weighted by atomic mass is 16.5. The maximum absolute atomic E-state index is 12.0. The molecule has 20 heteroatoms. The zero-order valence-corrected chi connectivity index (χ0v) is 50.2. The Hall–Kier alpha value is -5.30. The van der Waals surface area contributed by atoms with Crippen molar-refractivity contribution in [2.75, 3.05) is 58.9 Å². The number of carboxylic acids is 3. The molecule has 5 saturated heterocycles. The van der Waals surface area contributed by atoms with Gasteiger partial charge in [0, 0.05) is 97.0 Å². The molecule has 0 saturated carbocycles. The highest BCUT2D eigenvalue weighted by Gasteiger charge is 2.39. The fraction of sp³-hybridized carbons (Fsp3) is 0.831. The second-order valence-corrected chi connectivity index (χ2v) is 22.6. The van der Waals surface area contributed by atoms with E-state index >= 15 is 0 Å². The van der Waals surface area contributed by atoms with Crippen LogP contribution in [0.15, 0.2) is 0 Å². The zero-order chi connectivity index (χ0) is 59.8. The van der Waals surface area contributed by atoms with Gasteiger partial charge in [0.2, 0.25) is 29.5 Å². The van der Waals surface area contributed by atoms with Crippen LogP contribution in [0.1, 0.15) is 205 Å². The molecule has 6 atom stereocenters. The Bertz CT molecular complexity index is 1910. The van der Waals surface area contributed by atoms with Crippen molar-refractivity contribution < 1.29 is 72.7 Å². The predicted octanol–water partition coefficient (Wildman–Crippen LogP) is 8.31. The third-order valence-electron chi connectivity index (χ3n) is 14.7. The number of hydrogen-bond donors (Lipinski definition) is 3. The molecule has 5 aliphatic heterocycles. The fourth-order valence-electron chi connectivity index (χ4n) is 9.99. The van der Waals surface area contributed by atoms with E-state index in [2.05, 4.69) is 20.8 Å². The number of amides is 5. The van der Waals surface area contributed by atoms with Crippen LogP contribution in [0, 0.1) is 35.5 Å². The number of ether oxygens (including phenoxy) is 2. The van der Waals surface area contributed by atoms with Crippen LogP contribution in [0.5, 0.6) is 0 Å². The molecule has 0 aliphatic carbocycles. The minimum atomic E-state index is -0.869. The molecule has 5 aliphatic rings. The highest BCUT2D eigenvalue weighted by molar-refractivity contribution is 5.89. The standard InChI is InChI=1S/C20H37NO3.C16H29NO3.2C8H13NO3.C7H11NO3/c1-4-5-6-7-8-9-10-11-12-13-14-21-16-18(15-19(21)22)20(23)24-17(2)3;1-5-7-8-13(6-2)10-17-11-14(9-15(17)18)16(19)20-12(3)4;1-5(2)9-4-6(8(11)12)3-7(9)10;1-2-3-9-5-6(8(11)12)4-7(9)10;1-2-8-4-5(7(10)11)3-6(8)9/h17-18H,4-16H2,1-3H3;12-14H,5-11H2,1-4H3;5-6H,3-4H2,1-2H3,(H,11,12);6H,2-5H2,1H3,(H,11,12);5H,2-4H2,1H3,(H,10,11). The van der Waals surface area contributed by atoms with Gasteiger partial charge in [0.25, 0.3) is 0 Å². The van der Waals surface area contributed by atoms with Crippen LogP contribution in [0.25, 0.3) is 0 Å². The molecule has 0 aromatic carbocycles. The molecule has 0 aromatic heterocycles. The van der Waals surface area contributed by atoms with E-state index in [-0.39, 0.29) is 90.8 Å². The molecular formula is C59H103N5O15. The van der Waals surface area contributed by atoms with Gasteiger partial charge in [-0.1, -0.05) is 105 Å². The molecule has 20 nitrogen and oxygen atoms in total. The lowest BCUT2D eigenvalue weighted by molar-refractivity contribution is -0.153. The molecule has 3 N–H and O–H groups in total.